The van der Waals surface area contributed by atoms with E-state index >= 15 is 0 Å². The quantitative estimate of drug-likeness (QED) is 0.346. The van der Waals surface area contributed by atoms with Gasteiger partial charge in [-0.3, -0.25) is 24.5 Å². The molecule has 1 fully saturated rings. The Bertz CT molecular complexity index is 1080. The van der Waals surface area contributed by atoms with E-state index in [1.54, 1.807) is 36.9 Å². The number of amides is 2. The number of benzene rings is 2. The van der Waals surface area contributed by atoms with Crippen LogP contribution in [-0.2, 0) is 14.3 Å². The lowest BCUT2D eigenvalue weighted by molar-refractivity contribution is -0.385. The molecule has 0 spiro atoms. The lowest BCUT2D eigenvalue weighted by Crippen LogP contribution is -2.46. The van der Waals surface area contributed by atoms with Crippen molar-refractivity contribution in [3.05, 3.63) is 75.3 Å². The molecule has 9 nitrogen and oxygen atoms in total. The van der Waals surface area contributed by atoms with Crippen LogP contribution in [0.5, 0.6) is 0 Å². The van der Waals surface area contributed by atoms with Crippen LogP contribution < -0.4 is 5.32 Å². The summed E-state index contributed by atoms with van der Waals surface area (Å²) in [7, 11) is 0. The molecule has 2 aromatic carbocycles. The van der Waals surface area contributed by atoms with Gasteiger partial charge >= 0.3 is 5.97 Å². The maximum atomic E-state index is 13.2. The molecule has 0 aliphatic carbocycles. The highest BCUT2D eigenvalue weighted by Gasteiger charge is 2.32. The van der Waals surface area contributed by atoms with Crippen LogP contribution in [0.3, 0.4) is 0 Å². The van der Waals surface area contributed by atoms with E-state index < -0.39 is 22.9 Å². The Labute approximate surface area is 204 Å². The first-order valence-electron chi connectivity index (χ1n) is 11.7. The molecule has 0 bridgehead atoms. The number of carbonyl (C=O) groups excluding carboxylic acids is 3. The Morgan fingerprint density at radius 3 is 2.49 bits per heavy atom. The average molecular weight is 482 g/mol. The van der Waals surface area contributed by atoms with Gasteiger partial charge in [0, 0.05) is 24.7 Å². The van der Waals surface area contributed by atoms with Gasteiger partial charge in [0.1, 0.15) is 0 Å². The molecule has 35 heavy (non-hydrogen) atoms. The topological polar surface area (TPSA) is 119 Å². The fourth-order valence-corrected chi connectivity index (χ4v) is 4.21. The van der Waals surface area contributed by atoms with Crippen molar-refractivity contribution in [1.29, 1.82) is 0 Å². The largest absolute Gasteiger partial charge is 0.463 e. The number of hydrogen-bond acceptors (Lipinski definition) is 6. The summed E-state index contributed by atoms with van der Waals surface area (Å²) in [6, 6.07) is 12.4. The van der Waals surface area contributed by atoms with Crippen LogP contribution in [0.15, 0.2) is 48.5 Å². The third-order valence-electron chi connectivity index (χ3n) is 5.94. The zero-order valence-electron chi connectivity index (χ0n) is 20.2. The SMILES string of the molecule is Cc1ccc(C(=O)N2CCCC(C(=O)NC(CC(=O)OC(C)C)c3ccccc3[N+](=O)[O-])C2)cc1. The highest BCUT2D eigenvalue weighted by Crippen LogP contribution is 2.29. The van der Waals surface area contributed by atoms with Crippen molar-refractivity contribution in [3.63, 3.8) is 0 Å². The fourth-order valence-electron chi connectivity index (χ4n) is 4.21. The lowest BCUT2D eigenvalue weighted by Gasteiger charge is -2.33. The van der Waals surface area contributed by atoms with Crippen LogP contribution in [0.1, 0.15) is 60.6 Å². The summed E-state index contributed by atoms with van der Waals surface area (Å²) >= 11 is 0. The molecule has 0 radical (unpaired) electrons. The van der Waals surface area contributed by atoms with E-state index in [0.717, 1.165) is 5.56 Å². The van der Waals surface area contributed by atoms with Gasteiger partial charge in [-0.1, -0.05) is 35.9 Å². The van der Waals surface area contributed by atoms with Crippen molar-refractivity contribution >= 4 is 23.5 Å². The van der Waals surface area contributed by atoms with E-state index in [0.29, 0.717) is 24.9 Å². The van der Waals surface area contributed by atoms with Gasteiger partial charge < -0.3 is 15.0 Å². The second kappa shape index (κ2) is 11.6. The molecule has 1 saturated heterocycles. The van der Waals surface area contributed by atoms with E-state index in [2.05, 4.69) is 5.32 Å². The molecule has 0 saturated carbocycles. The minimum absolute atomic E-state index is 0.141. The lowest BCUT2D eigenvalue weighted by atomic mass is 9.94. The van der Waals surface area contributed by atoms with Crippen LogP contribution >= 0.6 is 0 Å². The van der Waals surface area contributed by atoms with Gasteiger partial charge in [-0.25, -0.2) is 0 Å². The minimum Gasteiger partial charge on any atom is -0.463 e. The second-order valence-electron chi connectivity index (χ2n) is 9.08. The first-order valence-corrected chi connectivity index (χ1v) is 11.7. The average Bonchev–Trinajstić information content (AvgIpc) is 2.83. The summed E-state index contributed by atoms with van der Waals surface area (Å²) < 4.78 is 5.22. The summed E-state index contributed by atoms with van der Waals surface area (Å²) in [5.74, 6) is -1.56. The Morgan fingerprint density at radius 1 is 1.14 bits per heavy atom. The zero-order chi connectivity index (χ0) is 25.5. The molecule has 0 aromatic heterocycles. The number of nitrogens with zero attached hydrogens (tertiary/aromatic N) is 2. The Balaban J connectivity index is 1.77. The number of likely N-dealkylation sites (tertiary alicyclic amines) is 1. The molecule has 1 heterocycles. The number of esters is 1. The molecule has 9 heteroatoms. The molecule has 1 aliphatic rings. The molecule has 1 N–H and O–H groups in total. The van der Waals surface area contributed by atoms with E-state index in [4.69, 9.17) is 4.74 Å². The first-order chi connectivity index (χ1) is 16.7. The van der Waals surface area contributed by atoms with Gasteiger partial charge in [-0.05, 0) is 45.7 Å². The maximum absolute atomic E-state index is 13.2. The van der Waals surface area contributed by atoms with Crippen LogP contribution in [0.4, 0.5) is 5.69 Å². The smallest absolute Gasteiger partial charge is 0.308 e. The fraction of sp³-hybridized carbons (Fsp3) is 0.423. The van der Waals surface area contributed by atoms with Crippen molar-refractivity contribution in [2.45, 2.75) is 52.2 Å². The number of piperidine rings is 1. The van der Waals surface area contributed by atoms with E-state index in [1.165, 1.54) is 18.2 Å². The number of carbonyl (C=O) groups is 3. The van der Waals surface area contributed by atoms with Crippen molar-refractivity contribution < 1.29 is 24.0 Å². The van der Waals surface area contributed by atoms with E-state index in [-0.39, 0.29) is 42.1 Å². The zero-order valence-corrected chi connectivity index (χ0v) is 20.2. The van der Waals surface area contributed by atoms with Gasteiger partial charge in [0.05, 0.1) is 35.0 Å². The highest BCUT2D eigenvalue weighted by atomic mass is 16.6. The molecule has 3 rings (SSSR count). The molecular weight excluding hydrogens is 450 g/mol. The Kier molecular flexibility index (Phi) is 8.57. The summed E-state index contributed by atoms with van der Waals surface area (Å²) in [6.45, 7) is 6.14. The molecule has 2 amide bonds. The Morgan fingerprint density at radius 2 is 1.83 bits per heavy atom. The maximum Gasteiger partial charge on any atom is 0.308 e. The van der Waals surface area contributed by atoms with Gasteiger partial charge in [0.15, 0.2) is 0 Å². The molecule has 186 valence electrons. The number of nitro groups is 1. The standard InChI is InChI=1S/C26H31N3O6/c1-17(2)35-24(30)15-22(21-8-4-5-9-23(21)29(33)34)27-25(31)20-7-6-14-28(16-20)26(32)19-12-10-18(3)11-13-19/h4-5,8-13,17,20,22H,6-7,14-16H2,1-3H3,(H,27,31). The number of hydrogen-bond donors (Lipinski definition) is 1. The normalized spacial score (nSPS) is 16.5. The van der Waals surface area contributed by atoms with Crippen LogP contribution in [0.2, 0.25) is 0 Å². The highest BCUT2D eigenvalue weighted by molar-refractivity contribution is 5.94. The third kappa shape index (κ3) is 6.88. The number of para-hydroxylation sites is 1. The minimum atomic E-state index is -0.932. The van der Waals surface area contributed by atoms with Crippen LogP contribution in [-0.4, -0.2) is 46.8 Å². The predicted molar refractivity (Wildman–Crippen MR) is 130 cm³/mol. The number of aryl methyl sites for hydroxylation is 1. The summed E-state index contributed by atoms with van der Waals surface area (Å²) in [5, 5.41) is 14.4. The van der Waals surface area contributed by atoms with Crippen molar-refractivity contribution in [3.8, 4) is 0 Å². The number of rotatable bonds is 8. The van der Waals surface area contributed by atoms with Crippen molar-refractivity contribution in [2.75, 3.05) is 13.1 Å². The number of nitrogens with one attached hydrogen (secondary N) is 1. The second-order valence-corrected chi connectivity index (χ2v) is 9.08. The van der Waals surface area contributed by atoms with Crippen molar-refractivity contribution in [2.24, 2.45) is 5.92 Å². The van der Waals surface area contributed by atoms with Gasteiger partial charge in [-0.15, -0.1) is 0 Å². The number of ether oxygens (including phenoxy) is 1. The van der Waals surface area contributed by atoms with E-state index in [9.17, 15) is 24.5 Å². The van der Waals surface area contributed by atoms with Gasteiger partial charge in [-0.2, -0.15) is 0 Å². The first kappa shape index (κ1) is 25.9. The Hall–Kier alpha value is -3.75. The van der Waals surface area contributed by atoms with E-state index in [1.807, 2.05) is 19.1 Å². The molecule has 2 aromatic rings. The molecular formula is C26H31N3O6. The predicted octanol–water partition coefficient (Wildman–Crippen LogP) is 3.95. The molecule has 2 unspecified atom stereocenters. The van der Waals surface area contributed by atoms with Crippen LogP contribution in [0, 0.1) is 23.0 Å². The molecule has 1 aliphatic heterocycles. The van der Waals surface area contributed by atoms with Crippen LogP contribution in [0.25, 0.3) is 0 Å². The van der Waals surface area contributed by atoms with Gasteiger partial charge in [0.2, 0.25) is 5.91 Å². The monoisotopic (exact) mass is 481 g/mol. The third-order valence-corrected chi connectivity index (χ3v) is 5.94. The summed E-state index contributed by atoms with van der Waals surface area (Å²) in [5.41, 5.74) is 1.66. The van der Waals surface area contributed by atoms with Gasteiger partial charge in [0.25, 0.3) is 11.6 Å². The summed E-state index contributed by atoms with van der Waals surface area (Å²) in [4.78, 5) is 51.3. The number of nitro benzene ring substituents is 1. The summed E-state index contributed by atoms with van der Waals surface area (Å²) in [6.07, 6.45) is 0.627. The van der Waals surface area contributed by atoms with Crippen molar-refractivity contribution in [1.82, 2.24) is 10.2 Å². The molecule has 2 atom stereocenters.